The van der Waals surface area contributed by atoms with Crippen molar-refractivity contribution in [3.05, 3.63) is 0 Å². The predicted molar refractivity (Wildman–Crippen MR) is 36.2 cm³/mol. The van der Waals surface area contributed by atoms with Gasteiger partial charge < -0.3 is 0 Å². The molecule has 0 saturated carbocycles. The zero-order valence-corrected chi connectivity index (χ0v) is 5.11. The second-order valence-electron chi connectivity index (χ2n) is 0.428. The summed E-state index contributed by atoms with van der Waals surface area (Å²) in [5.41, 5.74) is 0. The third-order valence-corrected chi connectivity index (χ3v) is 0. The molecule has 0 amide bonds. The Morgan fingerprint density at radius 1 is 1.12 bits per heavy atom. The topological polar surface area (TPSA) is 57.5 Å². The summed E-state index contributed by atoms with van der Waals surface area (Å²) in [5, 5.41) is 0. The van der Waals surface area contributed by atoms with Crippen LogP contribution in [0, 0.1) is 0 Å². The van der Waals surface area contributed by atoms with Crippen molar-refractivity contribution in [2.24, 2.45) is 0 Å². The van der Waals surface area contributed by atoms with E-state index in [0.29, 0.717) is 0 Å². The van der Waals surface area contributed by atoms with Crippen molar-refractivity contribution in [2.75, 3.05) is 0 Å². The molecule has 0 radical (unpaired) electrons. The molecule has 0 saturated heterocycles. The van der Waals surface area contributed by atoms with Gasteiger partial charge in [0.05, 0.1) is 0 Å². The summed E-state index contributed by atoms with van der Waals surface area (Å²) in [4.78, 5) is 0. The van der Waals surface area contributed by atoms with E-state index in [1.165, 1.54) is 19.7 Å². The normalized spacial score (nSPS) is 9.50. The van der Waals surface area contributed by atoms with Gasteiger partial charge in [-0.15, -0.1) is 0 Å². The van der Waals surface area contributed by atoms with E-state index in [4.69, 9.17) is 9.11 Å². The summed E-state index contributed by atoms with van der Waals surface area (Å²) in [6.07, 6.45) is 0. The Bertz CT molecular complexity index is 60.7. The molecule has 0 rings (SSSR count). The van der Waals surface area contributed by atoms with Crippen LogP contribution >= 0.6 is 0 Å². The van der Waals surface area contributed by atoms with E-state index in [2.05, 4.69) is 0 Å². The minimum absolute atomic E-state index is 0. The van der Waals surface area contributed by atoms with Crippen LogP contribution in [0.3, 0.4) is 0 Å². The van der Waals surface area contributed by atoms with E-state index >= 15 is 0 Å². The Hall–Kier alpha value is 3.81. The molecule has 8 heavy (non-hydrogen) atoms. The molecule has 0 atom stereocenters. The van der Waals surface area contributed by atoms with Gasteiger partial charge in [-0.25, -0.2) is 0 Å². The number of thiol groups is 1. The Morgan fingerprint density at radius 3 is 1.12 bits per heavy atom. The fourth-order valence-electron chi connectivity index (χ4n) is 0. The van der Waals surface area contributed by atoms with Crippen molar-refractivity contribution < 1.29 is 33.1 Å². The molecule has 0 aromatic rings. The first kappa shape index (κ1) is 22.6. The van der Waals surface area contributed by atoms with Crippen molar-refractivity contribution >= 4 is 96.6 Å². The van der Waals surface area contributed by atoms with Crippen molar-refractivity contribution in [3.63, 3.8) is 0 Å². The Balaban J connectivity index is -0.0000000267. The van der Waals surface area contributed by atoms with Crippen LogP contribution in [-0.4, -0.2) is 102 Å². The molecule has 0 bridgehead atoms. The molecule has 0 aliphatic heterocycles. The van der Waals surface area contributed by atoms with Gasteiger partial charge in [0, 0.05) is 0 Å². The molecule has 44 valence electrons. The summed E-state index contributed by atoms with van der Waals surface area (Å²) in [7, 11) is -3.69. The van der Waals surface area contributed by atoms with E-state index in [1.54, 1.807) is 0 Å². The quantitative estimate of drug-likeness (QED) is 0.333. The maximum atomic E-state index is 9.30. The van der Waals surface area contributed by atoms with Gasteiger partial charge in [0.15, 0.2) is 0 Å². The first-order valence-electron chi connectivity index (χ1n) is 0.717. The SMILES string of the molecule is O=[SH](O)(O)[Au].[NaH].[NaH].[NaH]. The Labute approximate surface area is 127 Å². The monoisotopic (exact) mass is 352 g/mol. The molecule has 0 aromatic carbocycles. The average molecular weight is 352 g/mol. The Morgan fingerprint density at radius 2 is 1.12 bits per heavy atom. The molecular weight excluding hydrogens is 346 g/mol. The summed E-state index contributed by atoms with van der Waals surface area (Å²) in [6.45, 7) is 0. The maximum absolute atomic E-state index is 9.30. The van der Waals surface area contributed by atoms with Crippen molar-refractivity contribution in [3.8, 4) is 0 Å². The molecule has 0 aromatic heterocycles. The molecule has 3 nitrogen and oxygen atoms in total. The molecule has 8 heteroatoms. The molecule has 2 N–H and O–H groups in total. The third-order valence-electron chi connectivity index (χ3n) is 0. The van der Waals surface area contributed by atoms with E-state index in [1.807, 2.05) is 0 Å². The molecule has 0 heterocycles. The zero-order valence-electron chi connectivity index (χ0n) is 2.05. The first-order chi connectivity index (χ1) is 2.00. The van der Waals surface area contributed by atoms with Crippen molar-refractivity contribution in [1.29, 1.82) is 0 Å². The van der Waals surface area contributed by atoms with Crippen LogP contribution in [0.2, 0.25) is 0 Å². The standard InChI is InChI=1S/Au.3Na.H3O3S.3H/c;;;;1-4(2)3;;;/h;;;;4H,(H2,1,2,3);;;. The second-order valence-corrected chi connectivity index (χ2v) is 5.07. The molecular formula is H6AuNa3O3S. The fraction of sp³-hybridized carbons (Fsp3) is 0. The van der Waals surface area contributed by atoms with E-state index in [9.17, 15) is 4.21 Å². The van der Waals surface area contributed by atoms with Gasteiger partial charge in [0.1, 0.15) is 0 Å². The van der Waals surface area contributed by atoms with Crippen LogP contribution in [0.15, 0.2) is 0 Å². The van der Waals surface area contributed by atoms with Crippen LogP contribution in [0.4, 0.5) is 0 Å². The number of hydrogen-bond acceptors (Lipinski definition) is 1. The molecule has 0 unspecified atom stereocenters. The van der Waals surface area contributed by atoms with E-state index in [-0.39, 0.29) is 88.7 Å². The molecule has 0 spiro atoms. The molecule has 0 aliphatic carbocycles. The van der Waals surface area contributed by atoms with E-state index in [0.717, 1.165) is 0 Å². The van der Waals surface area contributed by atoms with Crippen LogP contribution in [0.5, 0.6) is 0 Å². The van der Waals surface area contributed by atoms with Crippen LogP contribution in [-0.2, 0) is 27.7 Å². The van der Waals surface area contributed by atoms with Gasteiger partial charge in [-0.2, -0.15) is 0 Å². The van der Waals surface area contributed by atoms with Crippen LogP contribution in [0.1, 0.15) is 0 Å². The predicted octanol–water partition coefficient (Wildman–Crippen LogP) is -2.53. The summed E-state index contributed by atoms with van der Waals surface area (Å²) < 4.78 is 24.5. The molecule has 0 aliphatic rings. The fourth-order valence-corrected chi connectivity index (χ4v) is 0. The van der Waals surface area contributed by atoms with Crippen molar-refractivity contribution in [1.82, 2.24) is 0 Å². The van der Waals surface area contributed by atoms with Gasteiger partial charge in [0.2, 0.25) is 0 Å². The summed E-state index contributed by atoms with van der Waals surface area (Å²) in [5.74, 6) is 0. The average Bonchev–Trinajstić information content (AvgIpc) is 0.722. The van der Waals surface area contributed by atoms with Gasteiger partial charge in [0.25, 0.3) is 0 Å². The van der Waals surface area contributed by atoms with Crippen LogP contribution in [0.25, 0.3) is 0 Å². The van der Waals surface area contributed by atoms with E-state index < -0.39 is 7.96 Å². The second kappa shape index (κ2) is 10.8. The summed E-state index contributed by atoms with van der Waals surface area (Å²) >= 11 is 1.21. The first-order valence-corrected chi connectivity index (χ1v) is 5.06. The van der Waals surface area contributed by atoms with Gasteiger partial charge in [-0.05, 0) is 0 Å². The number of rotatable bonds is 0. The van der Waals surface area contributed by atoms with Gasteiger partial charge in [-0.3, -0.25) is 0 Å². The summed E-state index contributed by atoms with van der Waals surface area (Å²) in [6, 6.07) is 0. The van der Waals surface area contributed by atoms with Crippen molar-refractivity contribution in [2.45, 2.75) is 0 Å². The minimum atomic E-state index is -3.69. The Kier molecular flexibility index (Phi) is 30.6. The third kappa shape index (κ3) is 52.5. The van der Waals surface area contributed by atoms with Gasteiger partial charge in [-0.1, -0.05) is 0 Å². The number of hydrogen-bond donors (Lipinski definition) is 3. The molecule has 0 fully saturated rings. The van der Waals surface area contributed by atoms with Crippen LogP contribution < -0.4 is 0 Å². The van der Waals surface area contributed by atoms with Gasteiger partial charge >= 0.3 is 130 Å². The zero-order chi connectivity index (χ0) is 4.50.